The lowest BCUT2D eigenvalue weighted by Gasteiger charge is -2.10. The Morgan fingerprint density at radius 2 is 1.94 bits per heavy atom. The van der Waals surface area contributed by atoms with E-state index in [1.54, 1.807) is 0 Å². The molecule has 0 bridgehead atoms. The maximum absolute atomic E-state index is 5.68. The fourth-order valence-corrected chi connectivity index (χ4v) is 1.74. The Balaban J connectivity index is 2.06. The van der Waals surface area contributed by atoms with Crippen molar-refractivity contribution < 1.29 is 9.47 Å². The minimum Gasteiger partial charge on any atom is -0.490 e. The normalized spacial score (nSPS) is 10.2. The van der Waals surface area contributed by atoms with Crippen LogP contribution in [0.4, 0.5) is 5.00 Å². The van der Waals surface area contributed by atoms with Gasteiger partial charge in [0, 0.05) is 11.5 Å². The van der Waals surface area contributed by atoms with Gasteiger partial charge in [0.05, 0.1) is 6.61 Å². The monoisotopic (exact) mass is 251 g/mol. The molecule has 90 valence electrons. The largest absolute Gasteiger partial charge is 0.490 e. The minimum atomic E-state index is 0.298. The van der Waals surface area contributed by atoms with Crippen molar-refractivity contribution in [2.24, 2.45) is 0 Å². The fourth-order valence-electron chi connectivity index (χ4n) is 1.31. The number of rotatable bonds is 5. The number of hydrogen-bond donors (Lipinski definition) is 1. The number of nitrogens with two attached hydrogens (primary N) is 1. The maximum Gasteiger partial charge on any atom is 0.161 e. The van der Waals surface area contributed by atoms with E-state index in [4.69, 9.17) is 15.2 Å². The third-order valence-corrected chi connectivity index (χ3v) is 2.69. The van der Waals surface area contributed by atoms with E-state index in [9.17, 15) is 0 Å². The summed E-state index contributed by atoms with van der Waals surface area (Å²) in [4.78, 5) is 0. The van der Waals surface area contributed by atoms with Gasteiger partial charge >= 0.3 is 0 Å². The minimum absolute atomic E-state index is 0.298. The van der Waals surface area contributed by atoms with Crippen LogP contribution in [0.1, 0.15) is 12.6 Å². The molecule has 0 fully saturated rings. The molecule has 0 saturated heterocycles. The van der Waals surface area contributed by atoms with Crippen LogP contribution in [-0.4, -0.2) is 16.2 Å². The van der Waals surface area contributed by atoms with Crippen LogP contribution >= 0.6 is 11.5 Å². The first-order valence-electron chi connectivity index (χ1n) is 5.22. The number of ether oxygens (including phenoxy) is 2. The Labute approximate surface area is 103 Å². The molecule has 17 heavy (non-hydrogen) atoms. The summed E-state index contributed by atoms with van der Waals surface area (Å²) in [6, 6.07) is 7.50. The lowest BCUT2D eigenvalue weighted by molar-refractivity contribution is 0.267. The zero-order valence-electron chi connectivity index (χ0n) is 9.42. The van der Waals surface area contributed by atoms with Gasteiger partial charge in [0.1, 0.15) is 17.3 Å². The Morgan fingerprint density at radius 1 is 1.24 bits per heavy atom. The van der Waals surface area contributed by atoms with Crippen molar-refractivity contribution in [3.8, 4) is 11.5 Å². The van der Waals surface area contributed by atoms with Crippen LogP contribution in [0.5, 0.6) is 11.5 Å². The van der Waals surface area contributed by atoms with Crippen molar-refractivity contribution >= 4 is 16.5 Å². The van der Waals surface area contributed by atoms with Crippen LogP contribution < -0.4 is 15.2 Å². The van der Waals surface area contributed by atoms with E-state index >= 15 is 0 Å². The number of anilines is 1. The molecule has 0 saturated carbocycles. The average Bonchev–Trinajstić information content (AvgIpc) is 2.74. The molecule has 0 aliphatic carbocycles. The van der Waals surface area contributed by atoms with Gasteiger partial charge in [0.25, 0.3) is 0 Å². The van der Waals surface area contributed by atoms with Crippen molar-refractivity contribution in [2.45, 2.75) is 13.5 Å². The third kappa shape index (κ3) is 2.85. The molecular weight excluding hydrogens is 238 g/mol. The number of hydrogen-bond acceptors (Lipinski definition) is 6. The molecule has 1 aromatic heterocycles. The van der Waals surface area contributed by atoms with Gasteiger partial charge in [-0.25, -0.2) is 0 Å². The van der Waals surface area contributed by atoms with Crippen LogP contribution in [0.25, 0.3) is 0 Å². The van der Waals surface area contributed by atoms with E-state index in [1.165, 1.54) is 0 Å². The van der Waals surface area contributed by atoms with Gasteiger partial charge in [0.2, 0.25) is 0 Å². The predicted octanol–water partition coefficient (Wildman–Crippen LogP) is 2.10. The Hall–Kier alpha value is -1.82. The topological polar surface area (TPSA) is 70.3 Å². The van der Waals surface area contributed by atoms with Crippen LogP contribution in [0.2, 0.25) is 0 Å². The van der Waals surface area contributed by atoms with Crippen molar-refractivity contribution in [3.63, 3.8) is 0 Å². The maximum atomic E-state index is 5.68. The predicted molar refractivity (Wildman–Crippen MR) is 66.3 cm³/mol. The number of aromatic nitrogens is 2. The highest BCUT2D eigenvalue weighted by Crippen LogP contribution is 2.27. The Bertz CT molecular complexity index is 487. The van der Waals surface area contributed by atoms with Crippen molar-refractivity contribution in [1.29, 1.82) is 0 Å². The van der Waals surface area contributed by atoms with E-state index in [1.807, 2.05) is 31.2 Å². The fraction of sp³-hybridized carbons (Fsp3) is 0.273. The van der Waals surface area contributed by atoms with E-state index in [0.29, 0.717) is 29.7 Å². The molecule has 0 atom stereocenters. The van der Waals surface area contributed by atoms with E-state index < -0.39 is 0 Å². The van der Waals surface area contributed by atoms with Gasteiger partial charge in [-0.05, 0) is 19.1 Å². The van der Waals surface area contributed by atoms with Crippen molar-refractivity contribution in [2.75, 3.05) is 12.3 Å². The molecule has 2 N–H and O–H groups in total. The zero-order chi connectivity index (χ0) is 12.1. The number of nitrogen functional groups attached to an aromatic ring is 1. The molecule has 6 heteroatoms. The van der Waals surface area contributed by atoms with Crippen molar-refractivity contribution in [3.05, 3.63) is 30.0 Å². The van der Waals surface area contributed by atoms with Gasteiger partial charge in [-0.1, -0.05) is 16.6 Å². The Morgan fingerprint density at radius 3 is 2.53 bits per heavy atom. The molecule has 0 amide bonds. The molecule has 1 heterocycles. The second-order valence-electron chi connectivity index (χ2n) is 3.25. The summed E-state index contributed by atoms with van der Waals surface area (Å²) in [5.74, 6) is 1.40. The second-order valence-corrected chi connectivity index (χ2v) is 4.04. The van der Waals surface area contributed by atoms with Crippen LogP contribution in [0, 0.1) is 0 Å². The summed E-state index contributed by atoms with van der Waals surface area (Å²) >= 11 is 1.16. The standard InChI is InChI=1S/C11H13N3O2S/c1-2-15-9-5-3-4-6-10(9)16-7-8-11(12)17-14-13-8/h3-6H,2,7,12H2,1H3. The molecule has 0 spiro atoms. The van der Waals surface area contributed by atoms with E-state index in [0.717, 1.165) is 17.3 Å². The molecule has 0 aliphatic rings. The molecule has 1 aromatic carbocycles. The molecule has 2 aromatic rings. The molecule has 0 radical (unpaired) electrons. The van der Waals surface area contributed by atoms with Crippen molar-refractivity contribution in [1.82, 2.24) is 9.59 Å². The zero-order valence-corrected chi connectivity index (χ0v) is 10.2. The number of nitrogens with zero attached hydrogens (tertiary/aromatic N) is 2. The highest BCUT2D eigenvalue weighted by atomic mass is 32.1. The summed E-state index contributed by atoms with van der Waals surface area (Å²) < 4.78 is 14.8. The first-order valence-corrected chi connectivity index (χ1v) is 6.00. The van der Waals surface area contributed by atoms with E-state index in [-0.39, 0.29) is 0 Å². The quantitative estimate of drug-likeness (QED) is 0.881. The third-order valence-electron chi connectivity index (χ3n) is 2.10. The molecule has 5 nitrogen and oxygen atoms in total. The lowest BCUT2D eigenvalue weighted by atomic mass is 10.3. The summed E-state index contributed by atoms with van der Waals surface area (Å²) in [5, 5.41) is 4.47. The van der Waals surface area contributed by atoms with Crippen LogP contribution in [0.3, 0.4) is 0 Å². The smallest absolute Gasteiger partial charge is 0.161 e. The van der Waals surface area contributed by atoms with Gasteiger partial charge < -0.3 is 15.2 Å². The first kappa shape index (κ1) is 11.7. The first-order chi connectivity index (χ1) is 8.31. The van der Waals surface area contributed by atoms with Gasteiger partial charge in [0.15, 0.2) is 11.5 Å². The van der Waals surface area contributed by atoms with Crippen LogP contribution in [-0.2, 0) is 6.61 Å². The number of para-hydroxylation sites is 2. The van der Waals surface area contributed by atoms with Gasteiger partial charge in [-0.15, -0.1) is 5.10 Å². The highest BCUT2D eigenvalue weighted by Gasteiger charge is 2.08. The van der Waals surface area contributed by atoms with Gasteiger partial charge in [-0.2, -0.15) is 0 Å². The Kier molecular flexibility index (Phi) is 3.77. The van der Waals surface area contributed by atoms with Crippen LogP contribution in [0.15, 0.2) is 24.3 Å². The second kappa shape index (κ2) is 5.49. The summed E-state index contributed by atoms with van der Waals surface area (Å²) in [6.45, 7) is 2.83. The molecule has 2 rings (SSSR count). The molecule has 0 unspecified atom stereocenters. The molecular formula is C11H13N3O2S. The number of benzene rings is 1. The summed E-state index contributed by atoms with van der Waals surface area (Å²) in [6.07, 6.45) is 0. The summed E-state index contributed by atoms with van der Waals surface area (Å²) in [5.41, 5.74) is 6.34. The molecule has 0 aliphatic heterocycles. The average molecular weight is 251 g/mol. The SMILES string of the molecule is CCOc1ccccc1OCc1nnsc1N. The van der Waals surface area contributed by atoms with Gasteiger partial charge in [-0.3, -0.25) is 0 Å². The highest BCUT2D eigenvalue weighted by molar-refractivity contribution is 7.09. The lowest BCUT2D eigenvalue weighted by Crippen LogP contribution is -2.01. The van der Waals surface area contributed by atoms with E-state index in [2.05, 4.69) is 9.59 Å². The summed E-state index contributed by atoms with van der Waals surface area (Å²) in [7, 11) is 0.